The zero-order valence-corrected chi connectivity index (χ0v) is 11.5. The Labute approximate surface area is 114 Å². The van der Waals surface area contributed by atoms with Gasteiger partial charge in [-0.2, -0.15) is 0 Å². The number of anilines is 1. The number of nitrogens with two attached hydrogens (primary N) is 1. The third-order valence-electron chi connectivity index (χ3n) is 2.51. The highest BCUT2D eigenvalue weighted by molar-refractivity contribution is 7.98. The van der Waals surface area contributed by atoms with Crippen molar-refractivity contribution in [2.75, 3.05) is 5.73 Å². The average molecular weight is 279 g/mol. The molecule has 0 saturated carbocycles. The summed E-state index contributed by atoms with van der Waals surface area (Å²) in [7, 11) is 0. The van der Waals surface area contributed by atoms with Crippen LogP contribution in [0.25, 0.3) is 0 Å². The quantitative estimate of drug-likeness (QED) is 0.662. The highest BCUT2D eigenvalue weighted by Gasteiger charge is 2.11. The van der Waals surface area contributed by atoms with Crippen LogP contribution in [0.3, 0.4) is 0 Å². The van der Waals surface area contributed by atoms with Crippen molar-refractivity contribution in [3.8, 4) is 0 Å². The maximum absolute atomic E-state index is 10.9. The number of carbonyl (C=O) groups is 1. The molecule has 0 bridgehead atoms. The molecule has 0 aliphatic carbocycles. The zero-order valence-electron chi connectivity index (χ0n) is 9.84. The Morgan fingerprint density at radius 1 is 1.39 bits per heavy atom. The predicted octanol–water partition coefficient (Wildman–Crippen LogP) is 3.63. The normalized spacial score (nSPS) is 10.5. The lowest BCUT2D eigenvalue weighted by molar-refractivity contribution is 0.0702. The van der Waals surface area contributed by atoms with Gasteiger partial charge in [0.05, 0.1) is 0 Å². The highest BCUT2D eigenvalue weighted by Crippen LogP contribution is 2.29. The van der Waals surface area contributed by atoms with E-state index in [4.69, 9.17) is 10.8 Å². The summed E-state index contributed by atoms with van der Waals surface area (Å²) in [5.74, 6) is -0.0775. The van der Waals surface area contributed by atoms with E-state index in [9.17, 15) is 4.79 Å². The van der Waals surface area contributed by atoms with Crippen LogP contribution in [0.4, 0.5) is 5.69 Å². The Bertz CT molecular complexity index is 561. The Kier molecular flexibility index (Phi) is 3.93. The molecule has 0 spiro atoms. The van der Waals surface area contributed by atoms with Gasteiger partial charge in [-0.3, -0.25) is 0 Å². The first-order chi connectivity index (χ1) is 8.56. The van der Waals surface area contributed by atoms with Crippen LogP contribution in [0.1, 0.15) is 20.1 Å². The number of hydrogen-bond donors (Lipinski definition) is 2. The number of nitrogen functional groups attached to an aromatic ring is 1. The molecule has 0 saturated heterocycles. The number of benzene rings is 1. The summed E-state index contributed by atoms with van der Waals surface area (Å²) in [6.45, 7) is 1.95. The maximum Gasteiger partial charge on any atom is 0.345 e. The molecule has 3 N–H and O–H groups in total. The predicted molar refractivity (Wildman–Crippen MR) is 76.4 cm³/mol. The minimum atomic E-state index is -0.855. The molecular formula is C13H13NO2S2. The highest BCUT2D eigenvalue weighted by atomic mass is 32.2. The molecule has 0 aliphatic rings. The summed E-state index contributed by atoms with van der Waals surface area (Å²) in [5.41, 5.74) is 7.45. The number of carboxylic acid groups (broad SMARTS) is 1. The van der Waals surface area contributed by atoms with Crippen molar-refractivity contribution in [2.45, 2.75) is 17.6 Å². The molecule has 94 valence electrons. The lowest BCUT2D eigenvalue weighted by Crippen LogP contribution is -1.90. The first-order valence-electron chi connectivity index (χ1n) is 5.37. The van der Waals surface area contributed by atoms with E-state index in [-0.39, 0.29) is 0 Å². The number of thiophene rings is 1. The molecule has 3 nitrogen and oxygen atoms in total. The lowest BCUT2D eigenvalue weighted by Gasteiger charge is -2.01. The van der Waals surface area contributed by atoms with Crippen molar-refractivity contribution in [2.24, 2.45) is 0 Å². The average Bonchev–Trinajstić information content (AvgIpc) is 2.70. The van der Waals surface area contributed by atoms with E-state index in [0.29, 0.717) is 4.88 Å². The third-order valence-corrected chi connectivity index (χ3v) is 4.65. The van der Waals surface area contributed by atoms with Crippen molar-refractivity contribution in [1.82, 2.24) is 0 Å². The number of aromatic carboxylic acids is 1. The van der Waals surface area contributed by atoms with E-state index in [1.54, 1.807) is 17.8 Å². The van der Waals surface area contributed by atoms with E-state index in [2.05, 4.69) is 0 Å². The second kappa shape index (κ2) is 5.46. The Hall–Kier alpha value is -1.46. The van der Waals surface area contributed by atoms with Gasteiger partial charge in [0, 0.05) is 21.2 Å². The van der Waals surface area contributed by atoms with Gasteiger partial charge >= 0.3 is 5.97 Å². The molecule has 0 amide bonds. The molecule has 0 atom stereocenters. The lowest BCUT2D eigenvalue weighted by atomic mass is 10.3. The van der Waals surface area contributed by atoms with E-state index in [1.165, 1.54) is 11.3 Å². The number of thioether (sulfide) groups is 1. The van der Waals surface area contributed by atoms with Gasteiger partial charge in [-0.1, -0.05) is 0 Å². The smallest absolute Gasteiger partial charge is 0.345 e. The minimum Gasteiger partial charge on any atom is -0.477 e. The number of rotatable bonds is 4. The SMILES string of the molecule is Cc1sc(C(=O)O)cc1CSc1ccc(N)cc1. The fourth-order valence-electron chi connectivity index (χ4n) is 1.49. The second-order valence-electron chi connectivity index (χ2n) is 3.85. The minimum absolute atomic E-state index is 0.403. The zero-order chi connectivity index (χ0) is 13.1. The summed E-state index contributed by atoms with van der Waals surface area (Å²) >= 11 is 3.01. The molecule has 1 heterocycles. The first kappa shape index (κ1) is 13.0. The summed E-state index contributed by atoms with van der Waals surface area (Å²) < 4.78 is 0. The van der Waals surface area contributed by atoms with E-state index >= 15 is 0 Å². The molecule has 0 aliphatic heterocycles. The van der Waals surface area contributed by atoms with E-state index < -0.39 is 5.97 Å². The van der Waals surface area contributed by atoms with Crippen molar-refractivity contribution in [3.05, 3.63) is 45.6 Å². The fraction of sp³-hybridized carbons (Fsp3) is 0.154. The van der Waals surface area contributed by atoms with Gasteiger partial charge in [0.15, 0.2) is 0 Å². The Morgan fingerprint density at radius 2 is 2.06 bits per heavy atom. The van der Waals surface area contributed by atoms with Crippen LogP contribution in [0.5, 0.6) is 0 Å². The molecule has 1 aromatic heterocycles. The van der Waals surface area contributed by atoms with Gasteiger partial charge in [-0.25, -0.2) is 4.79 Å². The van der Waals surface area contributed by atoms with Gasteiger partial charge in [0.2, 0.25) is 0 Å². The molecular weight excluding hydrogens is 266 g/mol. The van der Waals surface area contributed by atoms with Crippen molar-refractivity contribution >= 4 is 34.8 Å². The largest absolute Gasteiger partial charge is 0.477 e. The molecule has 5 heteroatoms. The Balaban J connectivity index is 2.06. The molecule has 2 rings (SSSR count). The van der Waals surface area contributed by atoms with Crippen LogP contribution in [0.2, 0.25) is 0 Å². The van der Waals surface area contributed by atoms with Crippen LogP contribution >= 0.6 is 23.1 Å². The molecule has 0 radical (unpaired) electrons. The molecule has 18 heavy (non-hydrogen) atoms. The van der Waals surface area contributed by atoms with Crippen LogP contribution < -0.4 is 5.73 Å². The number of aryl methyl sites for hydroxylation is 1. The van der Waals surface area contributed by atoms with Gasteiger partial charge in [-0.05, 0) is 42.8 Å². The number of carboxylic acids is 1. The standard InChI is InChI=1S/C13H13NO2S2/c1-8-9(6-12(18-8)13(15)16)7-17-11-4-2-10(14)3-5-11/h2-6H,7,14H2,1H3,(H,15,16). The summed E-state index contributed by atoms with van der Waals surface area (Å²) in [6.07, 6.45) is 0. The van der Waals surface area contributed by atoms with Crippen LogP contribution in [0, 0.1) is 6.92 Å². The molecule has 2 aromatic rings. The van der Waals surface area contributed by atoms with Crippen molar-refractivity contribution in [1.29, 1.82) is 0 Å². The Morgan fingerprint density at radius 3 is 2.61 bits per heavy atom. The summed E-state index contributed by atoms with van der Waals surface area (Å²) in [4.78, 5) is 13.5. The van der Waals surface area contributed by atoms with E-state index in [0.717, 1.165) is 26.8 Å². The van der Waals surface area contributed by atoms with Gasteiger partial charge in [0.25, 0.3) is 0 Å². The number of hydrogen-bond acceptors (Lipinski definition) is 4. The van der Waals surface area contributed by atoms with Crippen LogP contribution in [0.15, 0.2) is 35.2 Å². The molecule has 0 unspecified atom stereocenters. The van der Waals surface area contributed by atoms with Gasteiger partial charge in [-0.15, -0.1) is 23.1 Å². The maximum atomic E-state index is 10.9. The van der Waals surface area contributed by atoms with E-state index in [1.807, 2.05) is 31.2 Å². The third kappa shape index (κ3) is 3.05. The van der Waals surface area contributed by atoms with Gasteiger partial charge < -0.3 is 10.8 Å². The van der Waals surface area contributed by atoms with Crippen molar-refractivity contribution in [3.63, 3.8) is 0 Å². The topological polar surface area (TPSA) is 63.3 Å². The summed E-state index contributed by atoms with van der Waals surface area (Å²) in [6, 6.07) is 9.43. The second-order valence-corrected chi connectivity index (χ2v) is 6.16. The monoisotopic (exact) mass is 279 g/mol. The first-order valence-corrected chi connectivity index (χ1v) is 7.17. The van der Waals surface area contributed by atoms with Crippen LogP contribution in [-0.4, -0.2) is 11.1 Å². The van der Waals surface area contributed by atoms with Crippen LogP contribution in [-0.2, 0) is 5.75 Å². The van der Waals surface area contributed by atoms with Crippen molar-refractivity contribution < 1.29 is 9.90 Å². The molecule has 0 fully saturated rings. The fourth-order valence-corrected chi connectivity index (χ4v) is 3.42. The molecule has 1 aromatic carbocycles. The van der Waals surface area contributed by atoms with Gasteiger partial charge in [0.1, 0.15) is 4.88 Å². The summed E-state index contributed by atoms with van der Waals surface area (Å²) in [5, 5.41) is 8.93.